The summed E-state index contributed by atoms with van der Waals surface area (Å²) in [5.41, 5.74) is 5.63. The third-order valence-electron chi connectivity index (χ3n) is 4.44. The van der Waals surface area contributed by atoms with Crippen molar-refractivity contribution in [1.29, 1.82) is 0 Å². The molecule has 9 nitrogen and oxygen atoms in total. The van der Waals surface area contributed by atoms with Crippen LogP contribution in [0.2, 0.25) is 0 Å². The number of aliphatic hydroxyl groups is 2. The highest BCUT2D eigenvalue weighted by Crippen LogP contribution is 2.26. The second-order valence-corrected chi connectivity index (χ2v) is 8.08. The van der Waals surface area contributed by atoms with Crippen LogP contribution in [0.3, 0.4) is 0 Å². The Kier molecular flexibility index (Phi) is 6.35. The fourth-order valence-corrected chi connectivity index (χ4v) is 3.09. The highest BCUT2D eigenvalue weighted by molar-refractivity contribution is 5.93. The van der Waals surface area contributed by atoms with Gasteiger partial charge in [-0.2, -0.15) is 0 Å². The average Bonchev–Trinajstić information content (AvgIpc) is 2.68. The maximum atomic E-state index is 12.9. The summed E-state index contributed by atoms with van der Waals surface area (Å²) in [6.07, 6.45) is 2.46. The van der Waals surface area contributed by atoms with E-state index in [4.69, 9.17) is 5.73 Å². The number of anilines is 3. The monoisotopic (exact) mass is 412 g/mol. The molecule has 0 aliphatic rings. The maximum Gasteiger partial charge on any atom is 0.262 e. The fraction of sp³-hybridized carbons (Fsp3) is 0.381. The van der Waals surface area contributed by atoms with Crippen LogP contribution < -0.4 is 21.9 Å². The topological polar surface area (TPSA) is 138 Å². The van der Waals surface area contributed by atoms with Gasteiger partial charge in [0.1, 0.15) is 17.5 Å². The van der Waals surface area contributed by atoms with Crippen molar-refractivity contribution < 1.29 is 10.2 Å². The molecule has 0 radical (unpaired) electrons. The van der Waals surface area contributed by atoms with Crippen molar-refractivity contribution in [1.82, 2.24) is 14.5 Å². The Bertz CT molecular complexity index is 1090. The number of aliphatic hydroxyl groups excluding tert-OH is 2. The lowest BCUT2D eigenvalue weighted by Crippen LogP contribution is -2.29. The normalized spacial score (nSPS) is 12.7. The predicted octanol–water partition coefficient (Wildman–Crippen LogP) is 1.73. The van der Waals surface area contributed by atoms with E-state index in [0.29, 0.717) is 33.8 Å². The van der Waals surface area contributed by atoms with Gasteiger partial charge in [0.05, 0.1) is 18.1 Å². The summed E-state index contributed by atoms with van der Waals surface area (Å²) in [4.78, 5) is 21.8. The number of aromatic nitrogens is 3. The third kappa shape index (κ3) is 4.93. The summed E-state index contributed by atoms with van der Waals surface area (Å²) in [6, 6.07) is 6.99. The molecule has 0 aromatic carbocycles. The van der Waals surface area contributed by atoms with E-state index < -0.39 is 6.10 Å². The van der Waals surface area contributed by atoms with Crippen LogP contribution in [0, 0.1) is 0 Å². The maximum absolute atomic E-state index is 12.9. The van der Waals surface area contributed by atoms with E-state index >= 15 is 0 Å². The molecule has 1 unspecified atom stereocenters. The molecule has 0 amide bonds. The first-order valence-electron chi connectivity index (χ1n) is 9.76. The zero-order chi connectivity index (χ0) is 21.9. The van der Waals surface area contributed by atoms with Gasteiger partial charge < -0.3 is 31.1 Å². The van der Waals surface area contributed by atoms with Crippen LogP contribution in [0.1, 0.15) is 32.4 Å². The molecular formula is C21H28N6O3. The third-order valence-corrected chi connectivity index (χ3v) is 4.44. The lowest BCUT2D eigenvalue weighted by Gasteiger charge is -2.23. The van der Waals surface area contributed by atoms with E-state index in [0.717, 1.165) is 0 Å². The molecule has 0 fully saturated rings. The Morgan fingerprint density at radius 1 is 1.23 bits per heavy atom. The number of nitrogens with two attached hydrogens (primary N) is 1. The summed E-state index contributed by atoms with van der Waals surface area (Å²) in [7, 11) is 0. The van der Waals surface area contributed by atoms with Crippen molar-refractivity contribution in [2.45, 2.75) is 39.0 Å². The quantitative estimate of drug-likeness (QED) is 0.395. The van der Waals surface area contributed by atoms with E-state index in [1.807, 2.05) is 26.8 Å². The van der Waals surface area contributed by atoms with Crippen molar-refractivity contribution >= 4 is 28.2 Å². The first-order chi connectivity index (χ1) is 14.2. The Balaban J connectivity index is 2.08. The van der Waals surface area contributed by atoms with Gasteiger partial charge in [-0.25, -0.2) is 9.97 Å². The van der Waals surface area contributed by atoms with Gasteiger partial charge in [0, 0.05) is 31.0 Å². The van der Waals surface area contributed by atoms with Gasteiger partial charge in [-0.15, -0.1) is 0 Å². The van der Waals surface area contributed by atoms with Gasteiger partial charge in [0.2, 0.25) is 0 Å². The molecule has 6 N–H and O–H groups in total. The Morgan fingerprint density at radius 3 is 2.67 bits per heavy atom. The van der Waals surface area contributed by atoms with Gasteiger partial charge in [0.15, 0.2) is 0 Å². The summed E-state index contributed by atoms with van der Waals surface area (Å²) in [5, 5.41) is 26.8. The van der Waals surface area contributed by atoms with Crippen LogP contribution in [0.25, 0.3) is 10.8 Å². The van der Waals surface area contributed by atoms with Crippen molar-refractivity contribution in [3.8, 4) is 0 Å². The minimum absolute atomic E-state index is 0.109. The van der Waals surface area contributed by atoms with Gasteiger partial charge in [-0.1, -0.05) is 0 Å². The van der Waals surface area contributed by atoms with Crippen LogP contribution in [0.4, 0.5) is 17.5 Å². The zero-order valence-corrected chi connectivity index (χ0v) is 17.4. The standard InChI is InChI=1S/C21H28N6O3/c1-21(2,3)26-19-18-14(5-7-27(8-9-28)20(18)30)11-17(25-19)24-16-10-13(4-6-23-16)15(29)12-22/h4-7,10-11,15,28-29H,8-9,12,22H2,1-3H3,(H2,23,24,25,26). The van der Waals surface area contributed by atoms with Crippen molar-refractivity contribution in [3.63, 3.8) is 0 Å². The van der Waals surface area contributed by atoms with Gasteiger partial charge in [0.25, 0.3) is 5.56 Å². The molecule has 9 heteroatoms. The van der Waals surface area contributed by atoms with Crippen LogP contribution in [-0.2, 0) is 6.54 Å². The fourth-order valence-electron chi connectivity index (χ4n) is 3.09. The number of hydrogen-bond acceptors (Lipinski definition) is 8. The molecule has 3 heterocycles. The average molecular weight is 412 g/mol. The molecule has 3 rings (SSSR count). The molecule has 3 aromatic heterocycles. The minimum atomic E-state index is -0.777. The largest absolute Gasteiger partial charge is 0.395 e. The molecular weight excluding hydrogens is 384 g/mol. The first-order valence-corrected chi connectivity index (χ1v) is 9.76. The molecule has 0 aliphatic heterocycles. The molecule has 3 aromatic rings. The van der Waals surface area contributed by atoms with Crippen LogP contribution >= 0.6 is 0 Å². The van der Waals surface area contributed by atoms with Crippen molar-refractivity contribution in [3.05, 3.63) is 52.6 Å². The second-order valence-electron chi connectivity index (χ2n) is 8.08. The van der Waals surface area contributed by atoms with E-state index in [9.17, 15) is 15.0 Å². The zero-order valence-electron chi connectivity index (χ0n) is 17.4. The van der Waals surface area contributed by atoms with Gasteiger partial charge >= 0.3 is 0 Å². The lowest BCUT2D eigenvalue weighted by atomic mass is 10.1. The molecule has 0 saturated carbocycles. The number of nitrogens with one attached hydrogen (secondary N) is 2. The summed E-state index contributed by atoms with van der Waals surface area (Å²) in [5.74, 6) is 1.44. The van der Waals surface area contributed by atoms with Crippen LogP contribution in [0.5, 0.6) is 0 Å². The van der Waals surface area contributed by atoms with Crippen LogP contribution in [0.15, 0.2) is 41.5 Å². The lowest BCUT2D eigenvalue weighted by molar-refractivity contribution is 0.186. The smallest absolute Gasteiger partial charge is 0.262 e. The summed E-state index contributed by atoms with van der Waals surface area (Å²) in [6.45, 7) is 6.14. The number of hydrogen-bond donors (Lipinski definition) is 5. The Morgan fingerprint density at radius 2 is 2.00 bits per heavy atom. The number of pyridine rings is 3. The number of rotatable bonds is 7. The highest BCUT2D eigenvalue weighted by Gasteiger charge is 2.17. The molecule has 160 valence electrons. The number of fused-ring (bicyclic) bond motifs is 1. The SMILES string of the molecule is CC(C)(C)Nc1nc(Nc2cc(C(O)CN)ccn2)cc2ccn(CCO)c(=O)c12. The predicted molar refractivity (Wildman–Crippen MR) is 118 cm³/mol. The molecule has 0 spiro atoms. The van der Waals surface area contributed by atoms with Gasteiger partial charge in [-0.05, 0) is 56.0 Å². The highest BCUT2D eigenvalue weighted by atomic mass is 16.3. The molecule has 0 bridgehead atoms. The molecule has 1 atom stereocenters. The minimum Gasteiger partial charge on any atom is -0.395 e. The van der Waals surface area contributed by atoms with Gasteiger partial charge in [-0.3, -0.25) is 4.79 Å². The van der Waals surface area contributed by atoms with E-state index in [1.165, 1.54) is 4.57 Å². The van der Waals surface area contributed by atoms with E-state index in [-0.39, 0.29) is 30.8 Å². The molecule has 0 aliphatic carbocycles. The van der Waals surface area contributed by atoms with Crippen molar-refractivity contribution in [2.24, 2.45) is 5.73 Å². The Hall–Kier alpha value is -3.01. The van der Waals surface area contributed by atoms with E-state index in [2.05, 4.69) is 20.6 Å². The molecule has 30 heavy (non-hydrogen) atoms. The van der Waals surface area contributed by atoms with E-state index in [1.54, 1.807) is 30.6 Å². The van der Waals surface area contributed by atoms with Crippen LogP contribution in [-0.4, -0.2) is 43.4 Å². The summed E-state index contributed by atoms with van der Waals surface area (Å²) < 4.78 is 1.46. The Labute approximate surface area is 174 Å². The first kappa shape index (κ1) is 21.7. The summed E-state index contributed by atoms with van der Waals surface area (Å²) >= 11 is 0. The number of nitrogens with zero attached hydrogens (tertiary/aromatic N) is 3. The second kappa shape index (κ2) is 8.78. The van der Waals surface area contributed by atoms with Crippen molar-refractivity contribution in [2.75, 3.05) is 23.8 Å². The molecule has 0 saturated heterocycles.